The topological polar surface area (TPSA) is 95.7 Å². The van der Waals surface area contributed by atoms with Crippen molar-refractivity contribution in [3.05, 3.63) is 34.9 Å². The van der Waals surface area contributed by atoms with Gasteiger partial charge in [-0.2, -0.15) is 5.01 Å². The Morgan fingerprint density at radius 1 is 1.28 bits per heavy atom. The van der Waals surface area contributed by atoms with E-state index in [4.69, 9.17) is 17.4 Å². The van der Waals surface area contributed by atoms with E-state index in [0.29, 0.717) is 15.6 Å². The highest BCUT2D eigenvalue weighted by Crippen LogP contribution is 2.10. The standard InChI is InChI=1S/C10H9ClN4O3/c11-7-3-1-6(2-4-7)9(17)13-14-5-8(16)15(12)10(14)18/h1-4H,5,12H2,(H,13,17). The predicted octanol–water partition coefficient (Wildman–Crippen LogP) is 0.123. The zero-order chi connectivity index (χ0) is 13.3. The molecule has 0 spiro atoms. The molecule has 3 N–H and O–H groups in total. The average molecular weight is 269 g/mol. The maximum Gasteiger partial charge on any atom is 0.360 e. The second-order valence-corrected chi connectivity index (χ2v) is 4.02. The van der Waals surface area contributed by atoms with E-state index < -0.39 is 17.8 Å². The van der Waals surface area contributed by atoms with Gasteiger partial charge in [0.25, 0.3) is 11.8 Å². The Morgan fingerprint density at radius 3 is 2.39 bits per heavy atom. The van der Waals surface area contributed by atoms with E-state index >= 15 is 0 Å². The molecule has 0 saturated carbocycles. The highest BCUT2D eigenvalue weighted by atomic mass is 35.5. The van der Waals surface area contributed by atoms with Gasteiger partial charge in [-0.3, -0.25) is 15.0 Å². The summed E-state index contributed by atoms with van der Waals surface area (Å²) in [7, 11) is 0. The van der Waals surface area contributed by atoms with Crippen LogP contribution in [0.2, 0.25) is 5.02 Å². The summed E-state index contributed by atoms with van der Waals surface area (Å²) >= 11 is 5.68. The minimum Gasteiger partial charge on any atom is -0.271 e. The smallest absolute Gasteiger partial charge is 0.271 e. The van der Waals surface area contributed by atoms with Gasteiger partial charge < -0.3 is 0 Å². The number of carbonyl (C=O) groups excluding carboxylic acids is 3. The first-order valence-corrected chi connectivity index (χ1v) is 5.32. The molecule has 94 valence electrons. The lowest BCUT2D eigenvalue weighted by Crippen LogP contribution is -2.46. The Hall–Kier alpha value is -2.12. The Kier molecular flexibility index (Phi) is 3.17. The van der Waals surface area contributed by atoms with E-state index in [1.54, 1.807) is 12.1 Å². The second-order valence-electron chi connectivity index (χ2n) is 3.58. The summed E-state index contributed by atoms with van der Waals surface area (Å²) in [6.45, 7) is -0.283. The van der Waals surface area contributed by atoms with Crippen molar-refractivity contribution in [1.82, 2.24) is 15.4 Å². The maximum atomic E-state index is 11.8. The molecule has 0 aromatic heterocycles. The van der Waals surface area contributed by atoms with Gasteiger partial charge in [0, 0.05) is 10.6 Å². The van der Waals surface area contributed by atoms with Crippen molar-refractivity contribution < 1.29 is 14.4 Å². The molecule has 0 radical (unpaired) electrons. The highest BCUT2D eigenvalue weighted by molar-refractivity contribution is 6.30. The minimum absolute atomic E-state index is 0.283. The van der Waals surface area contributed by atoms with Crippen molar-refractivity contribution in [3.63, 3.8) is 0 Å². The fourth-order valence-electron chi connectivity index (χ4n) is 1.39. The number of hydrazine groups is 2. The van der Waals surface area contributed by atoms with Crippen LogP contribution in [0.15, 0.2) is 24.3 Å². The van der Waals surface area contributed by atoms with Gasteiger partial charge in [0.1, 0.15) is 6.54 Å². The molecule has 1 saturated heterocycles. The van der Waals surface area contributed by atoms with Gasteiger partial charge >= 0.3 is 6.03 Å². The third kappa shape index (κ3) is 2.27. The van der Waals surface area contributed by atoms with Crippen LogP contribution in [-0.4, -0.2) is 34.4 Å². The van der Waals surface area contributed by atoms with Crippen molar-refractivity contribution in [2.75, 3.05) is 6.54 Å². The molecule has 0 aliphatic carbocycles. The Bertz CT molecular complexity index is 516. The Morgan fingerprint density at radius 2 is 1.89 bits per heavy atom. The molecule has 8 heteroatoms. The van der Waals surface area contributed by atoms with E-state index in [9.17, 15) is 14.4 Å². The first kappa shape index (κ1) is 12.3. The van der Waals surface area contributed by atoms with E-state index in [1.807, 2.05) is 0 Å². The molecule has 1 aliphatic heterocycles. The molecule has 18 heavy (non-hydrogen) atoms. The summed E-state index contributed by atoms with van der Waals surface area (Å²) in [5, 5.41) is 1.79. The molecular weight excluding hydrogens is 260 g/mol. The van der Waals surface area contributed by atoms with Gasteiger partial charge in [-0.05, 0) is 24.3 Å². The molecule has 1 heterocycles. The number of amides is 4. The molecule has 4 amide bonds. The van der Waals surface area contributed by atoms with Crippen molar-refractivity contribution in [2.24, 2.45) is 5.84 Å². The van der Waals surface area contributed by atoms with Crippen LogP contribution in [0.4, 0.5) is 4.79 Å². The van der Waals surface area contributed by atoms with Crippen molar-refractivity contribution in [1.29, 1.82) is 0 Å². The molecule has 0 atom stereocenters. The molecule has 1 aromatic rings. The van der Waals surface area contributed by atoms with Crippen LogP contribution in [0.1, 0.15) is 10.4 Å². The van der Waals surface area contributed by atoms with Gasteiger partial charge in [0.05, 0.1) is 0 Å². The number of imide groups is 1. The van der Waals surface area contributed by atoms with Crippen LogP contribution in [0, 0.1) is 0 Å². The third-order valence-corrected chi connectivity index (χ3v) is 2.59. The number of halogens is 1. The molecular formula is C10H9ClN4O3. The van der Waals surface area contributed by atoms with Gasteiger partial charge in [-0.15, -0.1) is 0 Å². The third-order valence-electron chi connectivity index (χ3n) is 2.34. The van der Waals surface area contributed by atoms with Crippen molar-refractivity contribution in [2.45, 2.75) is 0 Å². The largest absolute Gasteiger partial charge is 0.360 e. The van der Waals surface area contributed by atoms with E-state index in [1.165, 1.54) is 12.1 Å². The van der Waals surface area contributed by atoms with Crippen molar-refractivity contribution in [3.8, 4) is 0 Å². The van der Waals surface area contributed by atoms with Gasteiger partial charge in [-0.1, -0.05) is 11.6 Å². The first-order valence-electron chi connectivity index (χ1n) is 4.95. The van der Waals surface area contributed by atoms with Gasteiger partial charge in [0.15, 0.2) is 0 Å². The SMILES string of the molecule is NN1C(=O)CN(NC(=O)c2ccc(Cl)cc2)C1=O. The van der Waals surface area contributed by atoms with E-state index in [0.717, 1.165) is 5.01 Å². The number of carbonyl (C=O) groups is 3. The summed E-state index contributed by atoms with van der Waals surface area (Å²) < 4.78 is 0. The fraction of sp³-hybridized carbons (Fsp3) is 0.100. The number of benzene rings is 1. The molecule has 2 rings (SSSR count). The predicted molar refractivity (Wildman–Crippen MR) is 62.1 cm³/mol. The number of urea groups is 1. The van der Waals surface area contributed by atoms with Gasteiger partial charge in [0.2, 0.25) is 0 Å². The van der Waals surface area contributed by atoms with Crippen LogP contribution < -0.4 is 11.3 Å². The van der Waals surface area contributed by atoms with Crippen LogP contribution in [0.25, 0.3) is 0 Å². The van der Waals surface area contributed by atoms with Crippen molar-refractivity contribution >= 4 is 29.4 Å². The van der Waals surface area contributed by atoms with Gasteiger partial charge in [-0.25, -0.2) is 15.6 Å². The summed E-state index contributed by atoms with van der Waals surface area (Å²) in [6, 6.07) is 5.31. The van der Waals surface area contributed by atoms with E-state index in [-0.39, 0.29) is 6.54 Å². The lowest BCUT2D eigenvalue weighted by atomic mass is 10.2. The molecule has 1 aliphatic rings. The number of nitrogens with zero attached hydrogens (tertiary/aromatic N) is 2. The maximum absolute atomic E-state index is 11.8. The fourth-order valence-corrected chi connectivity index (χ4v) is 1.52. The summed E-state index contributed by atoms with van der Waals surface area (Å²) in [6.07, 6.45) is 0. The monoisotopic (exact) mass is 268 g/mol. The van der Waals surface area contributed by atoms with Crippen LogP contribution >= 0.6 is 11.6 Å². The Labute approximate surface area is 107 Å². The number of nitrogens with one attached hydrogen (secondary N) is 1. The minimum atomic E-state index is -0.776. The number of nitrogens with two attached hydrogens (primary N) is 1. The molecule has 0 bridgehead atoms. The zero-order valence-electron chi connectivity index (χ0n) is 9.09. The zero-order valence-corrected chi connectivity index (χ0v) is 9.85. The van der Waals surface area contributed by atoms with Crippen LogP contribution in [0.5, 0.6) is 0 Å². The average Bonchev–Trinajstić information content (AvgIpc) is 2.58. The second kappa shape index (κ2) is 4.63. The number of hydrogen-bond acceptors (Lipinski definition) is 4. The number of hydrogen-bond donors (Lipinski definition) is 2. The van der Waals surface area contributed by atoms with Crippen LogP contribution in [-0.2, 0) is 4.79 Å². The van der Waals surface area contributed by atoms with E-state index in [2.05, 4.69) is 5.43 Å². The molecule has 1 aromatic carbocycles. The first-order chi connectivity index (χ1) is 8.49. The lowest BCUT2D eigenvalue weighted by Gasteiger charge is -2.15. The van der Waals surface area contributed by atoms with Crippen LogP contribution in [0.3, 0.4) is 0 Å². The molecule has 0 unspecified atom stereocenters. The summed E-state index contributed by atoms with van der Waals surface area (Å²) in [5.74, 6) is 4.06. The molecule has 7 nitrogen and oxygen atoms in total. The summed E-state index contributed by atoms with van der Waals surface area (Å²) in [4.78, 5) is 34.3. The summed E-state index contributed by atoms with van der Waals surface area (Å²) in [5.41, 5.74) is 2.60. The highest BCUT2D eigenvalue weighted by Gasteiger charge is 2.35. The Balaban J connectivity index is 2.06. The quantitative estimate of drug-likeness (QED) is 0.452. The normalized spacial score (nSPS) is 15.2. The molecule has 1 fully saturated rings. The lowest BCUT2D eigenvalue weighted by molar-refractivity contribution is -0.125. The number of rotatable bonds is 2.